The fraction of sp³-hybridized carbons (Fsp3) is 0.571. The molecule has 5 heteroatoms. The monoisotopic (exact) mass is 283 g/mol. The SMILES string of the molecule is Cc1c(CO)cccc1S(=O)(=O)N1CCCCC1C. The van der Waals surface area contributed by atoms with Crippen molar-refractivity contribution >= 4 is 10.0 Å². The number of sulfonamides is 1. The van der Waals surface area contributed by atoms with Crippen LogP contribution in [0, 0.1) is 6.92 Å². The molecule has 1 N–H and O–H groups in total. The lowest BCUT2D eigenvalue weighted by Gasteiger charge is -2.32. The summed E-state index contributed by atoms with van der Waals surface area (Å²) < 4.78 is 27.1. The van der Waals surface area contributed by atoms with Crippen molar-refractivity contribution in [3.05, 3.63) is 29.3 Å². The van der Waals surface area contributed by atoms with E-state index in [-0.39, 0.29) is 12.6 Å². The highest BCUT2D eigenvalue weighted by molar-refractivity contribution is 7.89. The van der Waals surface area contributed by atoms with E-state index in [9.17, 15) is 13.5 Å². The molecule has 0 amide bonds. The van der Waals surface area contributed by atoms with Crippen LogP contribution in [-0.4, -0.2) is 30.4 Å². The smallest absolute Gasteiger partial charge is 0.243 e. The summed E-state index contributed by atoms with van der Waals surface area (Å²) in [6, 6.07) is 5.13. The van der Waals surface area contributed by atoms with Crippen LogP contribution in [0.5, 0.6) is 0 Å². The Labute approximate surface area is 115 Å². The van der Waals surface area contributed by atoms with Crippen LogP contribution < -0.4 is 0 Å². The standard InChI is InChI=1S/C14H21NO3S/c1-11-6-3-4-9-15(11)19(17,18)14-8-5-7-13(10-16)12(14)2/h5,7-8,11,16H,3-4,6,9-10H2,1-2H3. The van der Waals surface area contributed by atoms with E-state index in [0.717, 1.165) is 19.3 Å². The van der Waals surface area contributed by atoms with Gasteiger partial charge in [0.1, 0.15) is 0 Å². The molecule has 0 spiro atoms. The number of aliphatic hydroxyl groups is 1. The van der Waals surface area contributed by atoms with E-state index >= 15 is 0 Å². The van der Waals surface area contributed by atoms with Crippen molar-refractivity contribution in [1.82, 2.24) is 4.31 Å². The third-order valence-electron chi connectivity index (χ3n) is 3.90. The van der Waals surface area contributed by atoms with Gasteiger partial charge in [0.15, 0.2) is 0 Å². The maximum atomic E-state index is 12.7. The van der Waals surface area contributed by atoms with Gasteiger partial charge in [-0.3, -0.25) is 0 Å². The van der Waals surface area contributed by atoms with Gasteiger partial charge in [-0.1, -0.05) is 18.6 Å². The Hall–Kier alpha value is -0.910. The first kappa shape index (κ1) is 14.5. The molecule has 0 saturated carbocycles. The molecule has 0 aromatic heterocycles. The van der Waals surface area contributed by atoms with E-state index in [1.165, 1.54) is 0 Å². The molecule has 0 radical (unpaired) electrons. The number of hydrogen-bond acceptors (Lipinski definition) is 3. The van der Waals surface area contributed by atoms with Crippen LogP contribution in [0.25, 0.3) is 0 Å². The largest absolute Gasteiger partial charge is 0.392 e. The number of hydrogen-bond donors (Lipinski definition) is 1. The fourth-order valence-electron chi connectivity index (χ4n) is 2.67. The summed E-state index contributed by atoms with van der Waals surface area (Å²) in [5, 5.41) is 9.26. The zero-order valence-corrected chi connectivity index (χ0v) is 12.3. The second-order valence-corrected chi connectivity index (χ2v) is 7.02. The van der Waals surface area contributed by atoms with Gasteiger partial charge in [-0.25, -0.2) is 8.42 Å². The van der Waals surface area contributed by atoms with Gasteiger partial charge >= 0.3 is 0 Å². The molecule has 1 fully saturated rings. The van der Waals surface area contributed by atoms with Gasteiger partial charge in [-0.15, -0.1) is 0 Å². The summed E-state index contributed by atoms with van der Waals surface area (Å²) in [4.78, 5) is 0.327. The average molecular weight is 283 g/mol. The Morgan fingerprint density at radius 3 is 2.74 bits per heavy atom. The first-order chi connectivity index (χ1) is 8.98. The lowest BCUT2D eigenvalue weighted by Crippen LogP contribution is -2.42. The number of nitrogens with zero attached hydrogens (tertiary/aromatic N) is 1. The van der Waals surface area contributed by atoms with Crippen molar-refractivity contribution in [2.45, 2.75) is 50.7 Å². The van der Waals surface area contributed by atoms with Crippen molar-refractivity contribution < 1.29 is 13.5 Å². The molecule has 1 aromatic rings. The van der Waals surface area contributed by atoms with Crippen molar-refractivity contribution in [3.8, 4) is 0 Å². The van der Waals surface area contributed by atoms with E-state index in [0.29, 0.717) is 22.6 Å². The topological polar surface area (TPSA) is 57.6 Å². The minimum absolute atomic E-state index is 0.0518. The van der Waals surface area contributed by atoms with Crippen LogP contribution in [0.3, 0.4) is 0 Å². The minimum atomic E-state index is -3.45. The second-order valence-electron chi connectivity index (χ2n) is 5.16. The zero-order valence-electron chi connectivity index (χ0n) is 11.5. The van der Waals surface area contributed by atoms with Gasteiger partial charge in [-0.05, 0) is 43.9 Å². The third-order valence-corrected chi connectivity index (χ3v) is 6.05. The summed E-state index contributed by atoms with van der Waals surface area (Å²) in [5.74, 6) is 0. The molecule has 1 heterocycles. The molecule has 1 aliphatic heterocycles. The molecular weight excluding hydrogens is 262 g/mol. The summed E-state index contributed by atoms with van der Waals surface area (Å²) in [6.07, 6.45) is 2.92. The lowest BCUT2D eigenvalue weighted by atomic mass is 10.1. The van der Waals surface area contributed by atoms with Crippen LogP contribution in [0.15, 0.2) is 23.1 Å². The molecule has 1 aliphatic rings. The van der Waals surface area contributed by atoms with Crippen LogP contribution in [0.2, 0.25) is 0 Å². The average Bonchev–Trinajstić information content (AvgIpc) is 2.39. The Balaban J connectivity index is 2.44. The van der Waals surface area contributed by atoms with Gasteiger partial charge in [-0.2, -0.15) is 4.31 Å². The number of rotatable bonds is 3. The van der Waals surface area contributed by atoms with Crippen LogP contribution in [-0.2, 0) is 16.6 Å². The van der Waals surface area contributed by atoms with Crippen molar-refractivity contribution in [1.29, 1.82) is 0 Å². The summed E-state index contributed by atoms with van der Waals surface area (Å²) in [5.41, 5.74) is 1.33. The molecule has 106 valence electrons. The maximum Gasteiger partial charge on any atom is 0.243 e. The Morgan fingerprint density at radius 1 is 1.37 bits per heavy atom. The Morgan fingerprint density at radius 2 is 2.11 bits per heavy atom. The highest BCUT2D eigenvalue weighted by Gasteiger charge is 2.32. The van der Waals surface area contributed by atoms with Gasteiger partial charge in [0.05, 0.1) is 11.5 Å². The predicted molar refractivity (Wildman–Crippen MR) is 74.3 cm³/mol. The lowest BCUT2D eigenvalue weighted by molar-refractivity contribution is 0.268. The molecule has 1 saturated heterocycles. The van der Waals surface area contributed by atoms with E-state index in [4.69, 9.17) is 0 Å². The van der Waals surface area contributed by atoms with Gasteiger partial charge in [0.2, 0.25) is 10.0 Å². The molecule has 0 aliphatic carbocycles. The van der Waals surface area contributed by atoms with Crippen molar-refractivity contribution in [2.24, 2.45) is 0 Å². The van der Waals surface area contributed by atoms with Crippen molar-refractivity contribution in [2.75, 3.05) is 6.54 Å². The summed E-state index contributed by atoms with van der Waals surface area (Å²) in [7, 11) is -3.45. The van der Waals surface area contributed by atoms with E-state index in [2.05, 4.69) is 0 Å². The molecule has 4 nitrogen and oxygen atoms in total. The van der Waals surface area contributed by atoms with E-state index < -0.39 is 10.0 Å². The summed E-state index contributed by atoms with van der Waals surface area (Å²) in [6.45, 7) is 4.17. The normalized spacial score (nSPS) is 21.5. The van der Waals surface area contributed by atoms with Crippen LogP contribution in [0.1, 0.15) is 37.3 Å². The number of aliphatic hydroxyl groups excluding tert-OH is 1. The fourth-order valence-corrected chi connectivity index (χ4v) is 4.64. The van der Waals surface area contributed by atoms with Gasteiger partial charge in [0.25, 0.3) is 0 Å². The summed E-state index contributed by atoms with van der Waals surface area (Å²) >= 11 is 0. The van der Waals surface area contributed by atoms with Gasteiger partial charge < -0.3 is 5.11 Å². The number of piperidine rings is 1. The number of benzene rings is 1. The first-order valence-corrected chi connectivity index (χ1v) is 8.13. The van der Waals surface area contributed by atoms with Crippen LogP contribution >= 0.6 is 0 Å². The molecule has 1 unspecified atom stereocenters. The highest BCUT2D eigenvalue weighted by atomic mass is 32.2. The predicted octanol–water partition coefficient (Wildman–Crippen LogP) is 2.05. The minimum Gasteiger partial charge on any atom is -0.392 e. The molecule has 19 heavy (non-hydrogen) atoms. The first-order valence-electron chi connectivity index (χ1n) is 6.69. The molecule has 1 aromatic carbocycles. The highest BCUT2D eigenvalue weighted by Crippen LogP contribution is 2.28. The third kappa shape index (κ3) is 2.68. The Kier molecular flexibility index (Phi) is 4.28. The maximum absolute atomic E-state index is 12.7. The molecule has 0 bridgehead atoms. The van der Waals surface area contributed by atoms with Gasteiger partial charge in [0, 0.05) is 12.6 Å². The van der Waals surface area contributed by atoms with E-state index in [1.807, 2.05) is 6.92 Å². The molecule has 1 atom stereocenters. The molecular formula is C14H21NO3S. The molecule has 2 rings (SSSR count). The second kappa shape index (κ2) is 5.61. The zero-order chi connectivity index (χ0) is 14.0. The van der Waals surface area contributed by atoms with E-state index in [1.54, 1.807) is 29.4 Å². The quantitative estimate of drug-likeness (QED) is 0.923. The Bertz CT molecular complexity index is 554. The van der Waals surface area contributed by atoms with Crippen LogP contribution in [0.4, 0.5) is 0 Å². The van der Waals surface area contributed by atoms with Crippen molar-refractivity contribution in [3.63, 3.8) is 0 Å².